The summed E-state index contributed by atoms with van der Waals surface area (Å²) < 4.78 is 13.2. The lowest BCUT2D eigenvalue weighted by molar-refractivity contribution is 0.628. The van der Waals surface area contributed by atoms with Crippen molar-refractivity contribution in [3.05, 3.63) is 70.6 Å². The van der Waals surface area contributed by atoms with Crippen molar-refractivity contribution in [2.75, 3.05) is 5.32 Å². The largest absolute Gasteiger partial charge is 0.340 e. The monoisotopic (exact) mass is 369 g/mol. The second kappa shape index (κ2) is 6.43. The van der Waals surface area contributed by atoms with Crippen LogP contribution in [0.3, 0.4) is 0 Å². The summed E-state index contributed by atoms with van der Waals surface area (Å²) in [5.41, 5.74) is 3.77. The number of halogens is 2. The number of anilines is 2. The molecule has 2 aromatic heterocycles. The van der Waals surface area contributed by atoms with Gasteiger partial charge < -0.3 is 5.32 Å². The summed E-state index contributed by atoms with van der Waals surface area (Å²) in [5, 5.41) is 6.94. The van der Waals surface area contributed by atoms with E-state index in [0.29, 0.717) is 10.8 Å². The first kappa shape index (κ1) is 16.0. The van der Waals surface area contributed by atoms with Gasteiger partial charge in [-0.15, -0.1) is 11.3 Å². The molecule has 4 aromatic rings. The average Bonchev–Trinajstić information content (AvgIpc) is 3.04. The Morgan fingerprint density at radius 2 is 1.88 bits per heavy atom. The standard InChI is InChI=1S/C19H13ClFN3S/c1-11-2-7-14(8-16(11)20)24-18-17-15(9-25-19(17)23-10-22-18)12-3-5-13(21)6-4-12/h2-10H,1H3,(H,22,23,24). The van der Waals surface area contributed by atoms with Crippen molar-refractivity contribution in [1.82, 2.24) is 9.97 Å². The number of aromatic nitrogens is 2. The summed E-state index contributed by atoms with van der Waals surface area (Å²) in [6.45, 7) is 1.96. The van der Waals surface area contributed by atoms with E-state index in [1.165, 1.54) is 29.8 Å². The van der Waals surface area contributed by atoms with Gasteiger partial charge in [0.05, 0.1) is 5.39 Å². The van der Waals surface area contributed by atoms with Crippen LogP contribution in [0.25, 0.3) is 21.3 Å². The third kappa shape index (κ3) is 3.08. The maximum atomic E-state index is 13.2. The fraction of sp³-hybridized carbons (Fsp3) is 0.0526. The van der Waals surface area contributed by atoms with Crippen molar-refractivity contribution in [3.8, 4) is 11.1 Å². The van der Waals surface area contributed by atoms with Crippen molar-refractivity contribution < 1.29 is 4.39 Å². The molecule has 4 rings (SSSR count). The molecule has 0 radical (unpaired) electrons. The van der Waals surface area contributed by atoms with Crippen LogP contribution in [0.1, 0.15) is 5.56 Å². The van der Waals surface area contributed by atoms with Gasteiger partial charge in [-0.1, -0.05) is 29.8 Å². The molecule has 0 saturated carbocycles. The molecule has 0 saturated heterocycles. The van der Waals surface area contributed by atoms with Gasteiger partial charge in [0.2, 0.25) is 0 Å². The van der Waals surface area contributed by atoms with E-state index in [4.69, 9.17) is 11.6 Å². The Kier molecular flexibility index (Phi) is 4.11. The molecule has 0 atom stereocenters. The van der Waals surface area contributed by atoms with Crippen molar-refractivity contribution in [1.29, 1.82) is 0 Å². The minimum atomic E-state index is -0.257. The molecule has 124 valence electrons. The Morgan fingerprint density at radius 1 is 1.08 bits per heavy atom. The second-order valence-corrected chi connectivity index (χ2v) is 6.91. The molecule has 1 N–H and O–H groups in total. The molecule has 3 nitrogen and oxygen atoms in total. The fourth-order valence-corrected chi connectivity index (χ4v) is 3.72. The maximum absolute atomic E-state index is 13.2. The van der Waals surface area contributed by atoms with Crippen LogP contribution >= 0.6 is 22.9 Å². The van der Waals surface area contributed by atoms with Gasteiger partial charge in [0.15, 0.2) is 0 Å². The van der Waals surface area contributed by atoms with E-state index in [9.17, 15) is 4.39 Å². The van der Waals surface area contributed by atoms with Crippen LogP contribution < -0.4 is 5.32 Å². The second-order valence-electron chi connectivity index (χ2n) is 5.65. The molecule has 0 aliphatic rings. The molecular weight excluding hydrogens is 357 g/mol. The maximum Gasteiger partial charge on any atom is 0.143 e. The first-order chi connectivity index (χ1) is 12.1. The summed E-state index contributed by atoms with van der Waals surface area (Å²) in [6, 6.07) is 12.2. The molecule has 25 heavy (non-hydrogen) atoms. The zero-order valence-electron chi connectivity index (χ0n) is 13.3. The zero-order valence-corrected chi connectivity index (χ0v) is 14.8. The lowest BCUT2D eigenvalue weighted by Gasteiger charge is -2.09. The number of hydrogen-bond acceptors (Lipinski definition) is 4. The number of benzene rings is 2. The molecule has 0 bridgehead atoms. The van der Waals surface area contributed by atoms with Crippen molar-refractivity contribution in [2.24, 2.45) is 0 Å². The van der Waals surface area contributed by atoms with Gasteiger partial charge in [0, 0.05) is 21.7 Å². The van der Waals surface area contributed by atoms with Crippen molar-refractivity contribution >= 4 is 44.7 Å². The molecule has 0 amide bonds. The molecule has 0 aliphatic carbocycles. The number of thiophene rings is 1. The normalized spacial score (nSPS) is 11.0. The van der Waals surface area contributed by atoms with Crippen LogP contribution in [0.15, 0.2) is 54.2 Å². The molecule has 6 heteroatoms. The fourth-order valence-electron chi connectivity index (χ4n) is 2.62. The van der Waals surface area contributed by atoms with Crippen LogP contribution in [0, 0.1) is 12.7 Å². The van der Waals surface area contributed by atoms with E-state index in [2.05, 4.69) is 15.3 Å². The number of aryl methyl sites for hydroxylation is 1. The number of rotatable bonds is 3. The van der Waals surface area contributed by atoms with Gasteiger partial charge in [-0.25, -0.2) is 14.4 Å². The SMILES string of the molecule is Cc1ccc(Nc2ncnc3scc(-c4ccc(F)cc4)c23)cc1Cl. The average molecular weight is 370 g/mol. The summed E-state index contributed by atoms with van der Waals surface area (Å²) >= 11 is 7.75. The van der Waals surface area contributed by atoms with Gasteiger partial charge >= 0.3 is 0 Å². The van der Waals surface area contributed by atoms with Crippen LogP contribution in [-0.4, -0.2) is 9.97 Å². The Hall–Kier alpha value is -2.50. The van der Waals surface area contributed by atoms with Crippen LogP contribution in [0.2, 0.25) is 5.02 Å². The highest BCUT2D eigenvalue weighted by atomic mass is 35.5. The Labute approximate surface area is 153 Å². The van der Waals surface area contributed by atoms with Gasteiger partial charge in [-0.3, -0.25) is 0 Å². The highest BCUT2D eigenvalue weighted by molar-refractivity contribution is 7.17. The first-order valence-electron chi connectivity index (χ1n) is 7.63. The highest BCUT2D eigenvalue weighted by Gasteiger charge is 2.13. The van der Waals surface area contributed by atoms with Crippen LogP contribution in [0.5, 0.6) is 0 Å². The van der Waals surface area contributed by atoms with E-state index in [1.807, 2.05) is 30.5 Å². The van der Waals surface area contributed by atoms with Gasteiger partial charge in [-0.2, -0.15) is 0 Å². The number of fused-ring (bicyclic) bond motifs is 1. The summed E-state index contributed by atoms with van der Waals surface area (Å²) in [5.74, 6) is 0.442. The minimum absolute atomic E-state index is 0.257. The molecular formula is C19H13ClFN3S. The lowest BCUT2D eigenvalue weighted by Crippen LogP contribution is -1.96. The number of nitrogens with zero attached hydrogens (tertiary/aromatic N) is 2. The predicted octanol–water partition coefficient (Wildman–Crippen LogP) is 6.20. The quantitative estimate of drug-likeness (QED) is 0.467. The molecule has 0 unspecified atom stereocenters. The Bertz CT molecular complexity index is 1060. The van der Waals surface area contributed by atoms with E-state index in [1.54, 1.807) is 12.1 Å². The number of nitrogens with one attached hydrogen (secondary N) is 1. The van der Waals surface area contributed by atoms with Gasteiger partial charge in [-0.05, 0) is 42.3 Å². The predicted molar refractivity (Wildman–Crippen MR) is 102 cm³/mol. The third-order valence-electron chi connectivity index (χ3n) is 3.96. The summed E-state index contributed by atoms with van der Waals surface area (Å²) in [6.07, 6.45) is 1.53. The first-order valence-corrected chi connectivity index (χ1v) is 8.89. The number of hydrogen-bond donors (Lipinski definition) is 1. The van der Waals surface area contributed by atoms with E-state index < -0.39 is 0 Å². The molecule has 0 aliphatic heterocycles. The zero-order chi connectivity index (χ0) is 17.4. The van der Waals surface area contributed by atoms with E-state index >= 15 is 0 Å². The summed E-state index contributed by atoms with van der Waals surface area (Å²) in [4.78, 5) is 9.61. The topological polar surface area (TPSA) is 37.8 Å². The third-order valence-corrected chi connectivity index (χ3v) is 5.25. The highest BCUT2D eigenvalue weighted by Crippen LogP contribution is 2.37. The molecule has 0 fully saturated rings. The minimum Gasteiger partial charge on any atom is -0.340 e. The lowest BCUT2D eigenvalue weighted by atomic mass is 10.1. The van der Waals surface area contributed by atoms with Crippen molar-refractivity contribution in [3.63, 3.8) is 0 Å². The van der Waals surface area contributed by atoms with E-state index in [-0.39, 0.29) is 5.82 Å². The van der Waals surface area contributed by atoms with E-state index in [0.717, 1.165) is 32.6 Å². The Morgan fingerprint density at radius 3 is 2.64 bits per heavy atom. The van der Waals surface area contributed by atoms with Crippen LogP contribution in [0.4, 0.5) is 15.9 Å². The van der Waals surface area contributed by atoms with Gasteiger partial charge in [0.1, 0.15) is 22.8 Å². The Balaban J connectivity index is 1.82. The molecule has 2 aromatic carbocycles. The van der Waals surface area contributed by atoms with Crippen molar-refractivity contribution in [2.45, 2.75) is 6.92 Å². The molecule has 0 spiro atoms. The molecule has 2 heterocycles. The van der Waals surface area contributed by atoms with Crippen LogP contribution in [-0.2, 0) is 0 Å². The smallest absolute Gasteiger partial charge is 0.143 e. The van der Waals surface area contributed by atoms with Gasteiger partial charge in [0.25, 0.3) is 0 Å². The summed E-state index contributed by atoms with van der Waals surface area (Å²) in [7, 11) is 0.